The van der Waals surface area contributed by atoms with Crippen molar-refractivity contribution in [3.8, 4) is 0 Å². The molecular weight excluding hydrogens is 164 g/mol. The molecule has 0 spiro atoms. The highest BCUT2D eigenvalue weighted by molar-refractivity contribution is 4.72. The summed E-state index contributed by atoms with van der Waals surface area (Å²) in [7, 11) is 0. The molecule has 0 bridgehead atoms. The Morgan fingerprint density at radius 2 is 2.08 bits per heavy atom. The molecular formula is C10H22N2O. The van der Waals surface area contributed by atoms with Crippen LogP contribution >= 0.6 is 0 Å². The molecule has 1 heterocycles. The Morgan fingerprint density at radius 1 is 1.46 bits per heavy atom. The summed E-state index contributed by atoms with van der Waals surface area (Å²) < 4.78 is 5.78. The fourth-order valence-corrected chi connectivity index (χ4v) is 1.75. The summed E-state index contributed by atoms with van der Waals surface area (Å²) in [5, 5.41) is 0. The average Bonchev–Trinajstić information content (AvgIpc) is 2.19. The van der Waals surface area contributed by atoms with Crippen LogP contribution in [-0.2, 0) is 4.74 Å². The van der Waals surface area contributed by atoms with Crippen LogP contribution in [0.1, 0.15) is 26.7 Å². The van der Waals surface area contributed by atoms with Crippen molar-refractivity contribution in [3.05, 3.63) is 0 Å². The lowest BCUT2D eigenvalue weighted by molar-refractivity contribution is -0.0298. The number of rotatable bonds is 4. The van der Waals surface area contributed by atoms with Gasteiger partial charge in [0, 0.05) is 19.6 Å². The van der Waals surface area contributed by atoms with E-state index in [0.29, 0.717) is 12.6 Å². The molecule has 0 radical (unpaired) electrons. The Hall–Kier alpha value is -0.120. The van der Waals surface area contributed by atoms with Crippen molar-refractivity contribution in [1.29, 1.82) is 0 Å². The van der Waals surface area contributed by atoms with E-state index in [2.05, 4.69) is 11.8 Å². The maximum atomic E-state index is 5.78. The van der Waals surface area contributed by atoms with Crippen molar-refractivity contribution in [2.75, 3.05) is 26.2 Å². The largest absolute Gasteiger partial charge is 0.374 e. The van der Waals surface area contributed by atoms with Gasteiger partial charge in [-0.3, -0.25) is 0 Å². The number of ether oxygens (including phenoxy) is 1. The van der Waals surface area contributed by atoms with Crippen LogP contribution in [-0.4, -0.2) is 43.3 Å². The number of nitrogens with zero attached hydrogens (tertiary/aromatic N) is 1. The second kappa shape index (κ2) is 5.58. The summed E-state index contributed by atoms with van der Waals surface area (Å²) >= 11 is 0. The molecule has 2 N–H and O–H groups in total. The lowest BCUT2D eigenvalue weighted by Gasteiger charge is -2.32. The molecule has 1 fully saturated rings. The summed E-state index contributed by atoms with van der Waals surface area (Å²) in [6.45, 7) is 8.42. The van der Waals surface area contributed by atoms with Gasteiger partial charge in [-0.2, -0.15) is 0 Å². The van der Waals surface area contributed by atoms with E-state index in [-0.39, 0.29) is 6.10 Å². The molecule has 1 saturated heterocycles. The van der Waals surface area contributed by atoms with E-state index in [1.165, 1.54) is 19.6 Å². The third-order valence-electron chi connectivity index (χ3n) is 2.74. The fourth-order valence-electron chi connectivity index (χ4n) is 1.75. The van der Waals surface area contributed by atoms with Crippen molar-refractivity contribution in [3.63, 3.8) is 0 Å². The second-order valence-corrected chi connectivity index (χ2v) is 3.82. The third-order valence-corrected chi connectivity index (χ3v) is 2.74. The van der Waals surface area contributed by atoms with Gasteiger partial charge in [0.15, 0.2) is 0 Å². The van der Waals surface area contributed by atoms with Gasteiger partial charge >= 0.3 is 0 Å². The standard InChI is InChI=1S/C10H22N2O/c1-3-12-6-4-10(5-7-12)13-9(2)8-11/h9-10H,3-8,11H2,1-2H3. The highest BCUT2D eigenvalue weighted by Crippen LogP contribution is 2.14. The maximum Gasteiger partial charge on any atom is 0.0672 e. The van der Waals surface area contributed by atoms with Gasteiger partial charge in [-0.05, 0) is 26.3 Å². The fraction of sp³-hybridized carbons (Fsp3) is 1.00. The van der Waals surface area contributed by atoms with Crippen molar-refractivity contribution >= 4 is 0 Å². The summed E-state index contributed by atoms with van der Waals surface area (Å²) in [6, 6.07) is 0. The topological polar surface area (TPSA) is 38.5 Å². The number of piperidine rings is 1. The minimum Gasteiger partial charge on any atom is -0.374 e. The molecule has 3 nitrogen and oxygen atoms in total. The minimum atomic E-state index is 0.221. The average molecular weight is 186 g/mol. The number of hydrogen-bond acceptors (Lipinski definition) is 3. The zero-order chi connectivity index (χ0) is 9.68. The quantitative estimate of drug-likeness (QED) is 0.707. The van der Waals surface area contributed by atoms with Gasteiger partial charge in [0.1, 0.15) is 0 Å². The van der Waals surface area contributed by atoms with E-state index < -0.39 is 0 Å². The Balaban J connectivity index is 2.17. The lowest BCUT2D eigenvalue weighted by atomic mass is 10.1. The molecule has 1 unspecified atom stereocenters. The summed E-state index contributed by atoms with van der Waals surface area (Å²) in [5.74, 6) is 0. The van der Waals surface area contributed by atoms with E-state index in [1.807, 2.05) is 6.92 Å². The zero-order valence-electron chi connectivity index (χ0n) is 8.83. The molecule has 1 atom stereocenters. The van der Waals surface area contributed by atoms with E-state index in [1.54, 1.807) is 0 Å². The molecule has 0 aromatic heterocycles. The minimum absolute atomic E-state index is 0.221. The van der Waals surface area contributed by atoms with Crippen LogP contribution in [0, 0.1) is 0 Å². The smallest absolute Gasteiger partial charge is 0.0672 e. The number of likely N-dealkylation sites (tertiary alicyclic amines) is 1. The molecule has 78 valence electrons. The number of nitrogens with two attached hydrogens (primary N) is 1. The predicted molar refractivity (Wildman–Crippen MR) is 54.7 cm³/mol. The SMILES string of the molecule is CCN1CCC(OC(C)CN)CC1. The van der Waals surface area contributed by atoms with Gasteiger partial charge in [0.2, 0.25) is 0 Å². The van der Waals surface area contributed by atoms with Gasteiger partial charge in [0.05, 0.1) is 12.2 Å². The first kappa shape index (κ1) is 11.0. The normalized spacial score (nSPS) is 23.3. The van der Waals surface area contributed by atoms with Crippen molar-refractivity contribution in [2.45, 2.75) is 38.9 Å². The Kier molecular flexibility index (Phi) is 4.70. The predicted octanol–water partition coefficient (Wildman–Crippen LogP) is 0.834. The molecule has 13 heavy (non-hydrogen) atoms. The van der Waals surface area contributed by atoms with Crippen LogP contribution in [0.4, 0.5) is 0 Å². The van der Waals surface area contributed by atoms with Crippen LogP contribution in [0.3, 0.4) is 0 Å². The molecule has 0 aliphatic carbocycles. The van der Waals surface area contributed by atoms with Crippen LogP contribution < -0.4 is 5.73 Å². The van der Waals surface area contributed by atoms with E-state index in [4.69, 9.17) is 10.5 Å². The summed E-state index contributed by atoms with van der Waals surface area (Å²) in [4.78, 5) is 2.47. The first-order valence-corrected chi connectivity index (χ1v) is 5.34. The van der Waals surface area contributed by atoms with Crippen molar-refractivity contribution in [2.24, 2.45) is 5.73 Å². The molecule has 3 heteroatoms. The molecule has 0 amide bonds. The Labute approximate surface area is 81.2 Å². The summed E-state index contributed by atoms with van der Waals surface area (Å²) in [5.41, 5.74) is 5.51. The maximum absolute atomic E-state index is 5.78. The molecule has 0 saturated carbocycles. The van der Waals surface area contributed by atoms with E-state index in [9.17, 15) is 0 Å². The van der Waals surface area contributed by atoms with Crippen LogP contribution in [0.25, 0.3) is 0 Å². The van der Waals surface area contributed by atoms with Gasteiger partial charge in [0.25, 0.3) is 0 Å². The molecule has 0 aromatic carbocycles. The Bertz CT molecular complexity index is 133. The van der Waals surface area contributed by atoms with Gasteiger partial charge in [-0.25, -0.2) is 0 Å². The third kappa shape index (κ3) is 3.63. The van der Waals surface area contributed by atoms with Crippen LogP contribution in [0.15, 0.2) is 0 Å². The van der Waals surface area contributed by atoms with Crippen molar-refractivity contribution < 1.29 is 4.74 Å². The molecule has 1 aliphatic heterocycles. The zero-order valence-corrected chi connectivity index (χ0v) is 8.83. The monoisotopic (exact) mass is 186 g/mol. The summed E-state index contributed by atoms with van der Waals surface area (Å²) in [6.07, 6.45) is 3.00. The van der Waals surface area contributed by atoms with E-state index >= 15 is 0 Å². The molecule has 0 aromatic rings. The van der Waals surface area contributed by atoms with Crippen molar-refractivity contribution in [1.82, 2.24) is 4.90 Å². The first-order chi connectivity index (χ1) is 6.26. The van der Waals surface area contributed by atoms with E-state index in [0.717, 1.165) is 12.8 Å². The van der Waals surface area contributed by atoms with Gasteiger partial charge in [-0.15, -0.1) is 0 Å². The highest BCUT2D eigenvalue weighted by Gasteiger charge is 2.19. The first-order valence-electron chi connectivity index (χ1n) is 5.34. The second-order valence-electron chi connectivity index (χ2n) is 3.82. The van der Waals surface area contributed by atoms with Crippen LogP contribution in [0.2, 0.25) is 0 Å². The molecule has 1 aliphatic rings. The Morgan fingerprint density at radius 3 is 2.54 bits per heavy atom. The number of hydrogen-bond donors (Lipinski definition) is 1. The van der Waals surface area contributed by atoms with Gasteiger partial charge < -0.3 is 15.4 Å². The molecule has 1 rings (SSSR count). The lowest BCUT2D eigenvalue weighted by Crippen LogP contribution is -2.38. The highest BCUT2D eigenvalue weighted by atomic mass is 16.5. The van der Waals surface area contributed by atoms with Crippen LogP contribution in [0.5, 0.6) is 0 Å². The van der Waals surface area contributed by atoms with Gasteiger partial charge in [-0.1, -0.05) is 6.92 Å².